The van der Waals surface area contributed by atoms with Gasteiger partial charge in [-0.3, -0.25) is 0 Å². The Hall–Kier alpha value is -1.77. The summed E-state index contributed by atoms with van der Waals surface area (Å²) < 4.78 is 0. The van der Waals surface area contributed by atoms with Crippen molar-refractivity contribution in [3.8, 4) is 0 Å². The molecule has 82 valence electrons. The Labute approximate surface area is 94.0 Å². The van der Waals surface area contributed by atoms with Crippen LogP contribution in [-0.2, 0) is 0 Å². The lowest BCUT2D eigenvalue weighted by atomic mass is 9.86. The third-order valence-electron chi connectivity index (χ3n) is 3.50. The van der Waals surface area contributed by atoms with E-state index in [0.717, 1.165) is 18.8 Å². The molecule has 0 aromatic heterocycles. The van der Waals surface area contributed by atoms with Crippen molar-refractivity contribution in [2.75, 3.05) is 18.0 Å². The van der Waals surface area contributed by atoms with Gasteiger partial charge in [0.2, 0.25) is 0 Å². The molecule has 16 heavy (non-hydrogen) atoms. The van der Waals surface area contributed by atoms with Crippen molar-refractivity contribution in [1.29, 1.82) is 0 Å². The van der Waals surface area contributed by atoms with Crippen LogP contribution in [0.3, 0.4) is 0 Å². The van der Waals surface area contributed by atoms with Gasteiger partial charge in [-0.25, -0.2) is 4.79 Å². The number of hydrogen-bond donors (Lipinski definition) is 1. The van der Waals surface area contributed by atoms with Gasteiger partial charge in [0.05, 0.1) is 5.56 Å². The molecule has 0 spiro atoms. The molecule has 1 aliphatic carbocycles. The maximum Gasteiger partial charge on any atom is 0.335 e. The Morgan fingerprint density at radius 1 is 1.12 bits per heavy atom. The van der Waals surface area contributed by atoms with Gasteiger partial charge in [0.25, 0.3) is 0 Å². The van der Waals surface area contributed by atoms with Gasteiger partial charge in [-0.1, -0.05) is 12.2 Å². The van der Waals surface area contributed by atoms with E-state index in [-0.39, 0.29) is 0 Å². The lowest BCUT2D eigenvalue weighted by molar-refractivity contribution is 0.0697. The molecule has 3 rings (SSSR count). The van der Waals surface area contributed by atoms with Crippen LogP contribution in [0.4, 0.5) is 5.69 Å². The average molecular weight is 215 g/mol. The standard InChI is InChI=1S/C13H13NO2/c15-13(16)9-3-5-12(6-4-9)14-7-10-1-2-11(10)8-14/h1-6,10-11H,7-8H2,(H,15,16). The second-order valence-corrected chi connectivity index (χ2v) is 4.47. The number of fused-ring (bicyclic) bond motifs is 1. The van der Waals surface area contributed by atoms with E-state index in [2.05, 4.69) is 17.1 Å². The number of hydrogen-bond acceptors (Lipinski definition) is 2. The topological polar surface area (TPSA) is 40.5 Å². The predicted molar refractivity (Wildman–Crippen MR) is 61.7 cm³/mol. The molecule has 0 amide bonds. The van der Waals surface area contributed by atoms with Crippen molar-refractivity contribution in [3.63, 3.8) is 0 Å². The van der Waals surface area contributed by atoms with Crippen molar-refractivity contribution < 1.29 is 9.90 Å². The van der Waals surface area contributed by atoms with E-state index in [4.69, 9.17) is 5.11 Å². The second-order valence-electron chi connectivity index (χ2n) is 4.47. The Bertz CT molecular complexity index is 436. The number of carboxylic acids is 1. The predicted octanol–water partition coefficient (Wildman–Crippen LogP) is 2.01. The van der Waals surface area contributed by atoms with E-state index in [1.807, 2.05) is 12.1 Å². The first-order chi connectivity index (χ1) is 7.74. The molecule has 1 saturated heterocycles. The van der Waals surface area contributed by atoms with Crippen LogP contribution in [0.15, 0.2) is 36.4 Å². The molecule has 1 aromatic carbocycles. The van der Waals surface area contributed by atoms with Gasteiger partial charge in [0.1, 0.15) is 0 Å². The van der Waals surface area contributed by atoms with Crippen LogP contribution in [0.5, 0.6) is 0 Å². The SMILES string of the molecule is O=C(O)c1ccc(N2CC3C=CC3C2)cc1. The monoisotopic (exact) mass is 215 g/mol. The van der Waals surface area contributed by atoms with Crippen LogP contribution in [0.1, 0.15) is 10.4 Å². The van der Waals surface area contributed by atoms with Crippen LogP contribution >= 0.6 is 0 Å². The van der Waals surface area contributed by atoms with Crippen molar-refractivity contribution in [2.45, 2.75) is 0 Å². The quantitative estimate of drug-likeness (QED) is 0.767. The number of anilines is 1. The van der Waals surface area contributed by atoms with Crippen molar-refractivity contribution in [1.82, 2.24) is 0 Å². The zero-order valence-electron chi connectivity index (χ0n) is 8.84. The summed E-state index contributed by atoms with van der Waals surface area (Å²) in [6.45, 7) is 2.13. The van der Waals surface area contributed by atoms with Crippen LogP contribution in [0.25, 0.3) is 0 Å². The van der Waals surface area contributed by atoms with E-state index < -0.39 is 5.97 Å². The Morgan fingerprint density at radius 2 is 1.69 bits per heavy atom. The largest absolute Gasteiger partial charge is 0.478 e. The molecule has 3 nitrogen and oxygen atoms in total. The highest BCUT2D eigenvalue weighted by molar-refractivity contribution is 5.88. The summed E-state index contributed by atoms with van der Waals surface area (Å²) in [5.41, 5.74) is 1.48. The number of carboxylic acid groups (broad SMARTS) is 1. The van der Waals surface area contributed by atoms with Crippen molar-refractivity contribution in [3.05, 3.63) is 42.0 Å². The molecule has 1 fully saturated rings. The van der Waals surface area contributed by atoms with Gasteiger partial charge >= 0.3 is 5.97 Å². The van der Waals surface area contributed by atoms with Gasteiger partial charge < -0.3 is 10.0 Å². The molecule has 1 aromatic rings. The van der Waals surface area contributed by atoms with E-state index >= 15 is 0 Å². The van der Waals surface area contributed by atoms with Crippen LogP contribution in [0.2, 0.25) is 0 Å². The summed E-state index contributed by atoms with van der Waals surface area (Å²) in [4.78, 5) is 13.0. The number of benzene rings is 1. The van der Waals surface area contributed by atoms with Crippen LogP contribution in [-0.4, -0.2) is 24.2 Å². The first-order valence-electron chi connectivity index (χ1n) is 5.50. The number of carbonyl (C=O) groups is 1. The summed E-state index contributed by atoms with van der Waals surface area (Å²) in [5.74, 6) is 0.549. The molecule has 0 bridgehead atoms. The maximum atomic E-state index is 10.7. The van der Waals surface area contributed by atoms with E-state index in [0.29, 0.717) is 17.4 Å². The van der Waals surface area contributed by atoms with E-state index in [1.54, 1.807) is 12.1 Å². The van der Waals surface area contributed by atoms with Gasteiger partial charge in [-0.15, -0.1) is 0 Å². The van der Waals surface area contributed by atoms with E-state index in [1.165, 1.54) is 0 Å². The van der Waals surface area contributed by atoms with Gasteiger partial charge in [-0.2, -0.15) is 0 Å². The molecule has 2 unspecified atom stereocenters. The van der Waals surface area contributed by atoms with Gasteiger partial charge in [-0.05, 0) is 24.3 Å². The minimum absolute atomic E-state index is 0.351. The molecule has 3 heteroatoms. The lowest BCUT2D eigenvalue weighted by Gasteiger charge is -2.17. The third kappa shape index (κ3) is 1.40. The molecule has 0 saturated carbocycles. The van der Waals surface area contributed by atoms with Crippen LogP contribution in [0, 0.1) is 11.8 Å². The Balaban J connectivity index is 1.78. The molecule has 1 aliphatic heterocycles. The van der Waals surface area contributed by atoms with Gasteiger partial charge in [0, 0.05) is 30.6 Å². The van der Waals surface area contributed by atoms with E-state index in [9.17, 15) is 4.79 Å². The first kappa shape index (κ1) is 9.46. The lowest BCUT2D eigenvalue weighted by Crippen LogP contribution is -2.19. The molecule has 1 heterocycles. The minimum atomic E-state index is -0.866. The van der Waals surface area contributed by atoms with Crippen molar-refractivity contribution >= 4 is 11.7 Å². The number of rotatable bonds is 2. The fourth-order valence-corrected chi connectivity index (χ4v) is 2.43. The third-order valence-corrected chi connectivity index (χ3v) is 3.50. The summed E-state index contributed by atoms with van der Waals surface area (Å²) in [7, 11) is 0. The maximum absolute atomic E-state index is 10.7. The zero-order valence-corrected chi connectivity index (χ0v) is 8.84. The molecule has 2 aliphatic rings. The fraction of sp³-hybridized carbons (Fsp3) is 0.308. The summed E-state index contributed by atoms with van der Waals surface area (Å²) in [5, 5.41) is 8.81. The summed E-state index contributed by atoms with van der Waals surface area (Å²) >= 11 is 0. The molecule has 2 atom stereocenters. The summed E-state index contributed by atoms with van der Waals surface area (Å²) in [6, 6.07) is 7.14. The average Bonchev–Trinajstić information content (AvgIpc) is 2.55. The summed E-state index contributed by atoms with van der Waals surface area (Å²) in [6.07, 6.45) is 4.52. The molecule has 1 N–H and O–H groups in total. The number of nitrogens with zero attached hydrogens (tertiary/aromatic N) is 1. The molecular weight excluding hydrogens is 202 g/mol. The van der Waals surface area contributed by atoms with Gasteiger partial charge in [0.15, 0.2) is 0 Å². The zero-order chi connectivity index (χ0) is 11.1. The molecule has 0 radical (unpaired) electrons. The smallest absolute Gasteiger partial charge is 0.335 e. The highest BCUT2D eigenvalue weighted by atomic mass is 16.4. The second kappa shape index (κ2) is 3.37. The normalized spacial score (nSPS) is 26.4. The van der Waals surface area contributed by atoms with Crippen molar-refractivity contribution in [2.24, 2.45) is 11.8 Å². The fourth-order valence-electron chi connectivity index (χ4n) is 2.43. The highest BCUT2D eigenvalue weighted by Gasteiger charge is 2.34. The Kier molecular flexibility index (Phi) is 1.99. The van der Waals surface area contributed by atoms with Crippen LogP contribution < -0.4 is 4.90 Å². The molecular formula is C13H13NO2. The highest BCUT2D eigenvalue weighted by Crippen LogP contribution is 2.35. The minimum Gasteiger partial charge on any atom is -0.478 e. The Morgan fingerprint density at radius 3 is 2.12 bits per heavy atom. The first-order valence-corrected chi connectivity index (χ1v) is 5.50. The number of aromatic carboxylic acids is 1.